The molecule has 2 aromatic heterocycles. The number of aromatic nitrogens is 4. The summed E-state index contributed by atoms with van der Waals surface area (Å²) in [6.45, 7) is 6.11. The smallest absolute Gasteiger partial charge is 0.254 e. The van der Waals surface area contributed by atoms with Crippen LogP contribution in [0.3, 0.4) is 0 Å². The highest BCUT2D eigenvalue weighted by Crippen LogP contribution is 2.15. The Balaban J connectivity index is 2.40. The Hall–Kier alpha value is -1.30. The molecule has 6 heteroatoms. The van der Waals surface area contributed by atoms with Gasteiger partial charge in [0.15, 0.2) is 0 Å². The minimum Gasteiger partial charge on any atom is -0.356 e. The summed E-state index contributed by atoms with van der Waals surface area (Å²) in [4.78, 5) is 10.8. The lowest BCUT2D eigenvalue weighted by Crippen LogP contribution is -2.28. The third-order valence-electron chi connectivity index (χ3n) is 2.63. The molecule has 0 radical (unpaired) electrons. The lowest BCUT2D eigenvalue weighted by Gasteiger charge is -2.23. The van der Waals surface area contributed by atoms with Crippen molar-refractivity contribution in [3.05, 3.63) is 18.1 Å². The Labute approximate surface area is 105 Å². The molecular formula is C11H17N5S. The molecule has 2 rings (SSSR count). The first-order valence-corrected chi connectivity index (χ1v) is 7.07. The monoisotopic (exact) mass is 251 g/mol. The number of nitrogens with zero attached hydrogens (tertiary/aromatic N) is 5. The van der Waals surface area contributed by atoms with Gasteiger partial charge in [0.25, 0.3) is 5.78 Å². The molecule has 2 heterocycles. The molecule has 0 bridgehead atoms. The van der Waals surface area contributed by atoms with Gasteiger partial charge < -0.3 is 4.90 Å². The number of anilines is 1. The van der Waals surface area contributed by atoms with E-state index in [4.69, 9.17) is 0 Å². The van der Waals surface area contributed by atoms with E-state index < -0.39 is 0 Å². The van der Waals surface area contributed by atoms with Crippen LogP contribution in [-0.4, -0.2) is 44.7 Å². The van der Waals surface area contributed by atoms with Crippen LogP contribution < -0.4 is 4.90 Å². The van der Waals surface area contributed by atoms with E-state index in [2.05, 4.69) is 39.2 Å². The minimum absolute atomic E-state index is 0.669. The average Bonchev–Trinajstić information content (AvgIpc) is 2.77. The topological polar surface area (TPSA) is 46.3 Å². The maximum Gasteiger partial charge on any atom is 0.254 e. The van der Waals surface area contributed by atoms with E-state index in [9.17, 15) is 0 Å². The second kappa shape index (κ2) is 5.35. The fourth-order valence-corrected chi connectivity index (χ4v) is 2.18. The van der Waals surface area contributed by atoms with Gasteiger partial charge in [-0.2, -0.15) is 26.4 Å². The maximum absolute atomic E-state index is 4.35. The van der Waals surface area contributed by atoms with E-state index in [1.165, 1.54) is 0 Å². The molecule has 0 aromatic carbocycles. The zero-order valence-corrected chi connectivity index (χ0v) is 11.2. The van der Waals surface area contributed by atoms with E-state index in [-0.39, 0.29) is 0 Å². The molecule has 0 amide bonds. The Morgan fingerprint density at radius 3 is 3.00 bits per heavy atom. The van der Waals surface area contributed by atoms with Gasteiger partial charge in [0, 0.05) is 30.6 Å². The first kappa shape index (κ1) is 12.2. The zero-order chi connectivity index (χ0) is 12.3. The summed E-state index contributed by atoms with van der Waals surface area (Å²) in [5.41, 5.74) is 0.975. The Morgan fingerprint density at radius 1 is 1.47 bits per heavy atom. The van der Waals surface area contributed by atoms with Crippen molar-refractivity contribution >= 4 is 23.4 Å². The predicted octanol–water partition coefficient (Wildman–Crippen LogP) is 1.62. The van der Waals surface area contributed by atoms with Gasteiger partial charge in [0.2, 0.25) is 0 Å². The molecule has 0 N–H and O–H groups in total. The van der Waals surface area contributed by atoms with Crippen LogP contribution >= 0.6 is 11.8 Å². The van der Waals surface area contributed by atoms with Gasteiger partial charge in [-0.15, -0.1) is 0 Å². The normalized spacial score (nSPS) is 11.0. The van der Waals surface area contributed by atoms with Gasteiger partial charge in [0.1, 0.15) is 12.1 Å². The molecule has 0 atom stereocenters. The Bertz CT molecular complexity index is 496. The summed E-state index contributed by atoms with van der Waals surface area (Å²) >= 11 is 1.85. The van der Waals surface area contributed by atoms with Crippen LogP contribution in [0, 0.1) is 6.92 Å². The summed E-state index contributed by atoms with van der Waals surface area (Å²) in [6, 6.07) is 2.06. The maximum atomic E-state index is 4.35. The van der Waals surface area contributed by atoms with Crippen molar-refractivity contribution in [1.82, 2.24) is 19.6 Å². The van der Waals surface area contributed by atoms with Crippen LogP contribution in [0.15, 0.2) is 12.4 Å². The molecule has 0 aliphatic carbocycles. The van der Waals surface area contributed by atoms with E-state index in [0.29, 0.717) is 5.78 Å². The number of hydrogen-bond acceptors (Lipinski definition) is 5. The summed E-state index contributed by atoms with van der Waals surface area (Å²) in [5, 5.41) is 4.23. The molecule has 0 aliphatic rings. The molecule has 0 saturated carbocycles. The highest BCUT2D eigenvalue weighted by molar-refractivity contribution is 7.98. The minimum atomic E-state index is 0.669. The fraction of sp³-hybridized carbons (Fsp3) is 0.545. The molecule has 92 valence electrons. The van der Waals surface area contributed by atoms with Gasteiger partial charge in [0.05, 0.1) is 0 Å². The van der Waals surface area contributed by atoms with E-state index in [0.717, 1.165) is 30.4 Å². The van der Waals surface area contributed by atoms with Crippen molar-refractivity contribution < 1.29 is 0 Å². The van der Waals surface area contributed by atoms with Gasteiger partial charge in [-0.3, -0.25) is 0 Å². The van der Waals surface area contributed by atoms with Gasteiger partial charge in [-0.25, -0.2) is 4.98 Å². The van der Waals surface area contributed by atoms with Crippen LogP contribution in [0.4, 0.5) is 5.82 Å². The lowest BCUT2D eigenvalue weighted by molar-refractivity contribution is 0.800. The Kier molecular flexibility index (Phi) is 3.83. The standard InChI is InChI=1S/C11H17N5S/c1-4-15(5-6-17-3)10-7-9(2)14-11-12-8-13-16(10)11/h7-8H,4-6H2,1-3H3. The summed E-state index contributed by atoms with van der Waals surface area (Å²) in [7, 11) is 0. The van der Waals surface area contributed by atoms with E-state index in [1.54, 1.807) is 10.8 Å². The largest absolute Gasteiger partial charge is 0.356 e. The SMILES string of the molecule is CCN(CCSC)c1cc(C)nc2ncnn12. The molecule has 17 heavy (non-hydrogen) atoms. The highest BCUT2D eigenvalue weighted by Gasteiger charge is 2.11. The number of thioether (sulfide) groups is 1. The molecule has 0 saturated heterocycles. The predicted molar refractivity (Wildman–Crippen MR) is 71.8 cm³/mol. The zero-order valence-electron chi connectivity index (χ0n) is 10.4. The molecule has 5 nitrogen and oxygen atoms in total. The first-order valence-electron chi connectivity index (χ1n) is 5.67. The van der Waals surface area contributed by atoms with Crippen molar-refractivity contribution in [2.75, 3.05) is 30.0 Å². The van der Waals surface area contributed by atoms with Gasteiger partial charge in [-0.1, -0.05) is 0 Å². The van der Waals surface area contributed by atoms with Crippen molar-refractivity contribution in [2.24, 2.45) is 0 Å². The van der Waals surface area contributed by atoms with Crippen LogP contribution in [0.2, 0.25) is 0 Å². The van der Waals surface area contributed by atoms with Crippen molar-refractivity contribution in [3.8, 4) is 0 Å². The quantitative estimate of drug-likeness (QED) is 0.808. The Morgan fingerprint density at radius 2 is 2.29 bits per heavy atom. The third-order valence-corrected chi connectivity index (χ3v) is 3.22. The van der Waals surface area contributed by atoms with Crippen LogP contribution in [0.25, 0.3) is 5.78 Å². The van der Waals surface area contributed by atoms with Crippen LogP contribution in [0.1, 0.15) is 12.6 Å². The molecule has 2 aromatic rings. The van der Waals surface area contributed by atoms with Crippen molar-refractivity contribution in [2.45, 2.75) is 13.8 Å². The van der Waals surface area contributed by atoms with E-state index >= 15 is 0 Å². The summed E-state index contributed by atoms with van der Waals surface area (Å²) in [5.74, 6) is 2.84. The molecule has 0 spiro atoms. The van der Waals surface area contributed by atoms with Gasteiger partial charge in [-0.05, 0) is 20.1 Å². The number of hydrogen-bond donors (Lipinski definition) is 0. The molecule has 0 unspecified atom stereocenters. The average molecular weight is 251 g/mol. The second-order valence-corrected chi connectivity index (χ2v) is 4.79. The van der Waals surface area contributed by atoms with Crippen LogP contribution in [-0.2, 0) is 0 Å². The number of rotatable bonds is 5. The molecular weight excluding hydrogens is 234 g/mol. The lowest BCUT2D eigenvalue weighted by atomic mass is 10.4. The van der Waals surface area contributed by atoms with Crippen LogP contribution in [0.5, 0.6) is 0 Å². The highest BCUT2D eigenvalue weighted by atomic mass is 32.2. The second-order valence-electron chi connectivity index (χ2n) is 3.80. The molecule has 0 fully saturated rings. The van der Waals surface area contributed by atoms with E-state index in [1.807, 2.05) is 18.7 Å². The fourth-order valence-electron chi connectivity index (χ4n) is 1.77. The third kappa shape index (κ3) is 2.52. The van der Waals surface area contributed by atoms with Crippen molar-refractivity contribution in [3.63, 3.8) is 0 Å². The molecule has 0 aliphatic heterocycles. The number of fused-ring (bicyclic) bond motifs is 1. The van der Waals surface area contributed by atoms with Crippen molar-refractivity contribution in [1.29, 1.82) is 0 Å². The number of aryl methyl sites for hydroxylation is 1. The summed E-state index contributed by atoms with van der Waals surface area (Å²) in [6.07, 6.45) is 3.67. The first-order chi connectivity index (χ1) is 8.26. The summed E-state index contributed by atoms with van der Waals surface area (Å²) < 4.78 is 1.80. The van der Waals surface area contributed by atoms with Gasteiger partial charge >= 0.3 is 0 Å².